The Morgan fingerprint density at radius 2 is 1.82 bits per heavy atom. The number of benzene rings is 1. The van der Waals surface area contributed by atoms with Gasteiger partial charge in [0.1, 0.15) is 12.4 Å². The summed E-state index contributed by atoms with van der Waals surface area (Å²) in [6.07, 6.45) is 2.36. The second kappa shape index (κ2) is 6.84. The molecule has 2 aromatic rings. The summed E-state index contributed by atoms with van der Waals surface area (Å²) in [6, 6.07) is 8.35. The lowest BCUT2D eigenvalue weighted by molar-refractivity contribution is -0.385. The van der Waals surface area contributed by atoms with Crippen molar-refractivity contribution in [3.8, 4) is 0 Å². The van der Waals surface area contributed by atoms with E-state index in [-0.39, 0.29) is 5.69 Å². The van der Waals surface area contributed by atoms with Crippen LogP contribution >= 0.6 is 0 Å². The molecule has 7 heteroatoms. The molecule has 0 saturated carbocycles. The first kappa shape index (κ1) is 15.7. The van der Waals surface area contributed by atoms with Crippen LogP contribution in [0.2, 0.25) is 0 Å². The molecule has 0 radical (unpaired) electrons. The second-order valence-corrected chi connectivity index (χ2v) is 5.07. The molecule has 0 unspecified atom stereocenters. The minimum Gasteiger partial charge on any atom is -0.369 e. The van der Waals surface area contributed by atoms with Gasteiger partial charge < -0.3 is 10.2 Å². The number of hydrogen-bond acceptors (Lipinski definition) is 6. The first-order chi connectivity index (χ1) is 10.5. The molecule has 22 heavy (non-hydrogen) atoms. The van der Waals surface area contributed by atoms with E-state index in [2.05, 4.69) is 41.0 Å². The van der Waals surface area contributed by atoms with Crippen LogP contribution in [-0.2, 0) is 0 Å². The molecule has 2 rings (SSSR count). The Bertz CT molecular complexity index is 625. The molecule has 1 heterocycles. The van der Waals surface area contributed by atoms with Crippen LogP contribution in [0.4, 0.5) is 23.0 Å². The van der Waals surface area contributed by atoms with Crippen LogP contribution < -0.4 is 10.2 Å². The number of nitrogens with zero attached hydrogens (tertiary/aromatic N) is 4. The topological polar surface area (TPSA) is 84.2 Å². The van der Waals surface area contributed by atoms with Gasteiger partial charge in [-0.05, 0) is 45.0 Å². The average Bonchev–Trinajstić information content (AvgIpc) is 2.50. The fourth-order valence-corrected chi connectivity index (χ4v) is 2.19. The Morgan fingerprint density at radius 3 is 2.27 bits per heavy atom. The minimum atomic E-state index is -0.524. The summed E-state index contributed by atoms with van der Waals surface area (Å²) in [5, 5.41) is 13.6. The Kier molecular flexibility index (Phi) is 4.88. The Labute approximate surface area is 129 Å². The molecular formula is C15H19N5O2. The maximum Gasteiger partial charge on any atom is 0.305 e. The zero-order valence-corrected chi connectivity index (χ0v) is 12.9. The van der Waals surface area contributed by atoms with Crippen LogP contribution in [0.1, 0.15) is 20.8 Å². The third-order valence-corrected chi connectivity index (χ3v) is 3.27. The van der Waals surface area contributed by atoms with Gasteiger partial charge in [-0.2, -0.15) is 0 Å². The third-order valence-electron chi connectivity index (χ3n) is 3.27. The smallest absolute Gasteiger partial charge is 0.305 e. The summed E-state index contributed by atoms with van der Waals surface area (Å²) >= 11 is 0. The van der Waals surface area contributed by atoms with Crippen LogP contribution in [0.5, 0.6) is 0 Å². The van der Waals surface area contributed by atoms with Crippen LogP contribution in [0.3, 0.4) is 0 Å². The number of nitro groups is 1. The zero-order chi connectivity index (χ0) is 16.1. The van der Waals surface area contributed by atoms with Gasteiger partial charge in [0, 0.05) is 24.0 Å². The lowest BCUT2D eigenvalue weighted by Gasteiger charge is -2.27. The van der Waals surface area contributed by atoms with Crippen LogP contribution in [0.15, 0.2) is 36.7 Å². The summed E-state index contributed by atoms with van der Waals surface area (Å²) in [7, 11) is 0. The fourth-order valence-electron chi connectivity index (χ4n) is 2.19. The van der Waals surface area contributed by atoms with Crippen molar-refractivity contribution in [2.24, 2.45) is 0 Å². The molecule has 0 amide bonds. The normalized spacial score (nSPS) is 10.5. The van der Waals surface area contributed by atoms with Gasteiger partial charge in [-0.3, -0.25) is 10.1 Å². The van der Waals surface area contributed by atoms with Gasteiger partial charge in [-0.15, -0.1) is 0 Å². The summed E-state index contributed by atoms with van der Waals surface area (Å²) in [5.74, 6) is 0.328. The van der Waals surface area contributed by atoms with E-state index in [1.807, 2.05) is 24.3 Å². The highest BCUT2D eigenvalue weighted by Crippen LogP contribution is 2.21. The number of aromatic nitrogens is 2. The largest absolute Gasteiger partial charge is 0.369 e. The first-order valence-corrected chi connectivity index (χ1v) is 7.11. The van der Waals surface area contributed by atoms with E-state index in [0.29, 0.717) is 12.0 Å². The molecular weight excluding hydrogens is 282 g/mol. The molecule has 0 fully saturated rings. The molecule has 1 aromatic heterocycles. The van der Waals surface area contributed by atoms with Gasteiger partial charge in [-0.1, -0.05) is 0 Å². The van der Waals surface area contributed by atoms with Crippen molar-refractivity contribution < 1.29 is 4.92 Å². The molecule has 1 N–H and O–H groups in total. The fraction of sp³-hybridized carbons (Fsp3) is 0.333. The molecule has 0 aliphatic heterocycles. The predicted molar refractivity (Wildman–Crippen MR) is 86.6 cm³/mol. The Balaban J connectivity index is 2.09. The Hall–Kier alpha value is -2.70. The SMILES string of the molecule is CCN(c1ccc(Nc2ncc([N+](=O)[O-])cn2)cc1)C(C)C. The Morgan fingerprint density at radius 1 is 1.23 bits per heavy atom. The average molecular weight is 301 g/mol. The summed E-state index contributed by atoms with van der Waals surface area (Å²) in [5.41, 5.74) is 1.85. The van der Waals surface area contributed by atoms with Gasteiger partial charge in [-0.25, -0.2) is 9.97 Å². The molecule has 0 aliphatic rings. The van der Waals surface area contributed by atoms with Crippen molar-refractivity contribution in [2.75, 3.05) is 16.8 Å². The van der Waals surface area contributed by atoms with Crippen molar-refractivity contribution in [3.05, 3.63) is 46.8 Å². The molecule has 7 nitrogen and oxygen atoms in total. The maximum atomic E-state index is 10.6. The first-order valence-electron chi connectivity index (χ1n) is 7.11. The van der Waals surface area contributed by atoms with E-state index >= 15 is 0 Å². The minimum absolute atomic E-state index is 0.128. The van der Waals surface area contributed by atoms with Gasteiger partial charge in [0.05, 0.1) is 4.92 Å². The number of hydrogen-bond donors (Lipinski definition) is 1. The van der Waals surface area contributed by atoms with E-state index in [1.54, 1.807) is 0 Å². The van der Waals surface area contributed by atoms with Crippen LogP contribution in [-0.4, -0.2) is 27.5 Å². The quantitative estimate of drug-likeness (QED) is 0.650. The highest BCUT2D eigenvalue weighted by Gasteiger charge is 2.09. The van der Waals surface area contributed by atoms with E-state index in [0.717, 1.165) is 17.9 Å². The number of anilines is 3. The van der Waals surface area contributed by atoms with Crippen molar-refractivity contribution in [2.45, 2.75) is 26.8 Å². The molecule has 0 atom stereocenters. The number of rotatable bonds is 6. The highest BCUT2D eigenvalue weighted by atomic mass is 16.6. The van der Waals surface area contributed by atoms with E-state index in [1.165, 1.54) is 12.4 Å². The van der Waals surface area contributed by atoms with Crippen LogP contribution in [0.25, 0.3) is 0 Å². The zero-order valence-electron chi connectivity index (χ0n) is 12.9. The van der Waals surface area contributed by atoms with Gasteiger partial charge in [0.15, 0.2) is 0 Å². The monoisotopic (exact) mass is 301 g/mol. The maximum absolute atomic E-state index is 10.6. The lowest BCUT2D eigenvalue weighted by Crippen LogP contribution is -2.30. The molecule has 0 aliphatic carbocycles. The molecule has 0 saturated heterocycles. The second-order valence-electron chi connectivity index (χ2n) is 5.07. The van der Waals surface area contributed by atoms with Gasteiger partial charge in [0.2, 0.25) is 5.95 Å². The third kappa shape index (κ3) is 3.69. The van der Waals surface area contributed by atoms with Crippen molar-refractivity contribution in [3.63, 3.8) is 0 Å². The van der Waals surface area contributed by atoms with Crippen molar-refractivity contribution in [1.29, 1.82) is 0 Å². The molecule has 116 valence electrons. The van der Waals surface area contributed by atoms with Crippen LogP contribution in [0, 0.1) is 10.1 Å². The highest BCUT2D eigenvalue weighted by molar-refractivity contribution is 5.59. The van der Waals surface area contributed by atoms with E-state index < -0.39 is 4.92 Å². The van der Waals surface area contributed by atoms with Crippen molar-refractivity contribution in [1.82, 2.24) is 9.97 Å². The van der Waals surface area contributed by atoms with E-state index in [9.17, 15) is 10.1 Å². The van der Waals surface area contributed by atoms with Crippen molar-refractivity contribution >= 4 is 23.0 Å². The van der Waals surface area contributed by atoms with E-state index in [4.69, 9.17) is 0 Å². The van der Waals surface area contributed by atoms with Gasteiger partial charge in [0.25, 0.3) is 0 Å². The number of nitrogens with one attached hydrogen (secondary N) is 1. The summed E-state index contributed by atoms with van der Waals surface area (Å²) in [6.45, 7) is 7.37. The van der Waals surface area contributed by atoms with Gasteiger partial charge >= 0.3 is 5.69 Å². The lowest BCUT2D eigenvalue weighted by atomic mass is 10.2. The summed E-state index contributed by atoms with van der Waals surface area (Å²) < 4.78 is 0. The molecule has 1 aromatic carbocycles. The predicted octanol–water partition coefficient (Wildman–Crippen LogP) is 3.36. The molecule has 0 spiro atoms. The summed E-state index contributed by atoms with van der Waals surface area (Å²) in [4.78, 5) is 20.2. The molecule has 0 bridgehead atoms. The standard InChI is InChI=1S/C15H19N5O2/c1-4-19(11(2)3)13-7-5-12(6-8-13)18-15-16-9-14(10-17-15)20(21)22/h5-11H,4H2,1-3H3,(H,16,17,18).